The molecular formula is C10H12F3NS. The van der Waals surface area contributed by atoms with Gasteiger partial charge in [0.25, 0.3) is 0 Å². The van der Waals surface area contributed by atoms with Gasteiger partial charge in [0, 0.05) is 11.4 Å². The summed E-state index contributed by atoms with van der Waals surface area (Å²) in [6.45, 7) is -0.111. The van der Waals surface area contributed by atoms with Crippen LogP contribution in [0.25, 0.3) is 0 Å². The van der Waals surface area contributed by atoms with E-state index in [1.165, 1.54) is 11.8 Å². The Morgan fingerprint density at radius 2 is 1.87 bits per heavy atom. The Bertz CT molecular complexity index is 325. The van der Waals surface area contributed by atoms with E-state index in [1.807, 2.05) is 18.4 Å². The first-order chi connectivity index (χ1) is 6.95. The van der Waals surface area contributed by atoms with E-state index in [0.717, 1.165) is 11.9 Å². The van der Waals surface area contributed by atoms with E-state index >= 15 is 0 Å². The summed E-state index contributed by atoms with van der Waals surface area (Å²) in [5, 5.41) is 0. The van der Waals surface area contributed by atoms with Crippen molar-refractivity contribution in [2.45, 2.75) is 17.7 Å². The van der Waals surface area contributed by atoms with Gasteiger partial charge in [-0.2, -0.15) is 13.2 Å². The van der Waals surface area contributed by atoms with Gasteiger partial charge in [-0.25, -0.2) is 4.90 Å². The van der Waals surface area contributed by atoms with Gasteiger partial charge in [0.1, 0.15) is 0 Å². The van der Waals surface area contributed by atoms with Crippen molar-refractivity contribution < 1.29 is 13.2 Å². The Balaban J connectivity index is 2.80. The zero-order valence-electron chi connectivity index (χ0n) is 8.51. The van der Waals surface area contributed by atoms with Crippen LogP contribution in [0.1, 0.15) is 5.56 Å². The third kappa shape index (κ3) is 3.43. The van der Waals surface area contributed by atoms with Gasteiger partial charge < -0.3 is 0 Å². The summed E-state index contributed by atoms with van der Waals surface area (Å²) in [7, 11) is 1.05. The molecule has 0 aromatic heterocycles. The summed E-state index contributed by atoms with van der Waals surface area (Å²) in [6, 6.07) is 7.11. The second-order valence-electron chi connectivity index (χ2n) is 3.14. The van der Waals surface area contributed by atoms with Crippen molar-refractivity contribution in [2.24, 2.45) is 0 Å². The van der Waals surface area contributed by atoms with E-state index in [2.05, 4.69) is 0 Å². The average Bonchev–Trinajstić information content (AvgIpc) is 2.17. The zero-order chi connectivity index (χ0) is 11.5. The first-order valence-corrected chi connectivity index (χ1v) is 5.57. The van der Waals surface area contributed by atoms with E-state index in [0.29, 0.717) is 10.5 Å². The van der Waals surface area contributed by atoms with Gasteiger partial charge in [0.2, 0.25) is 0 Å². The molecule has 0 aliphatic carbocycles. The molecule has 0 N–H and O–H groups in total. The monoisotopic (exact) mass is 235 g/mol. The lowest BCUT2D eigenvalue weighted by atomic mass is 10.2. The van der Waals surface area contributed by atoms with Crippen molar-refractivity contribution in [1.29, 1.82) is 0 Å². The number of thioether (sulfide) groups is 1. The van der Waals surface area contributed by atoms with Gasteiger partial charge in [-0.05, 0) is 24.9 Å². The van der Waals surface area contributed by atoms with Crippen molar-refractivity contribution in [1.82, 2.24) is 4.90 Å². The number of hydrogen-bond acceptors (Lipinski definition) is 2. The maximum absolute atomic E-state index is 12.3. The van der Waals surface area contributed by atoms with E-state index in [-0.39, 0.29) is 6.54 Å². The Morgan fingerprint density at radius 3 is 2.40 bits per heavy atom. The number of alkyl halides is 3. The predicted molar refractivity (Wildman–Crippen MR) is 55.7 cm³/mol. The number of hydrogen-bond donors (Lipinski definition) is 0. The number of nitrogens with zero attached hydrogens (tertiary/aromatic N) is 1. The van der Waals surface area contributed by atoms with Crippen LogP contribution in [0.5, 0.6) is 0 Å². The van der Waals surface area contributed by atoms with Crippen LogP contribution in [0, 0.1) is 0 Å². The van der Waals surface area contributed by atoms with Crippen molar-refractivity contribution in [2.75, 3.05) is 13.3 Å². The summed E-state index contributed by atoms with van der Waals surface area (Å²) in [5.41, 5.74) is 0.699. The van der Waals surface area contributed by atoms with Crippen LogP contribution in [-0.4, -0.2) is 24.5 Å². The zero-order valence-corrected chi connectivity index (χ0v) is 9.32. The Kier molecular flexibility index (Phi) is 4.04. The largest absolute Gasteiger partial charge is 0.459 e. The van der Waals surface area contributed by atoms with E-state index in [4.69, 9.17) is 0 Å². The lowest BCUT2D eigenvalue weighted by Crippen LogP contribution is -2.33. The molecule has 0 saturated heterocycles. The van der Waals surface area contributed by atoms with E-state index in [1.54, 1.807) is 12.1 Å². The Hall–Kier alpha value is -0.680. The second kappa shape index (κ2) is 4.90. The predicted octanol–water partition coefficient (Wildman–Crippen LogP) is 3.36. The van der Waals surface area contributed by atoms with Gasteiger partial charge in [-0.1, -0.05) is 18.2 Å². The first kappa shape index (κ1) is 12.4. The minimum Gasteiger partial charge on any atom is -0.213 e. The smallest absolute Gasteiger partial charge is 0.213 e. The van der Waals surface area contributed by atoms with Crippen LogP contribution in [-0.2, 0) is 6.54 Å². The number of halogens is 3. The molecule has 1 aromatic carbocycles. The molecule has 5 heteroatoms. The summed E-state index contributed by atoms with van der Waals surface area (Å²) in [4.78, 5) is 1.26. The van der Waals surface area contributed by atoms with Crippen molar-refractivity contribution in [3.63, 3.8) is 0 Å². The van der Waals surface area contributed by atoms with Crippen molar-refractivity contribution in [3.05, 3.63) is 29.8 Å². The summed E-state index contributed by atoms with van der Waals surface area (Å²) in [5.74, 6) is 0. The third-order valence-electron chi connectivity index (χ3n) is 2.03. The molecular weight excluding hydrogens is 223 g/mol. The quantitative estimate of drug-likeness (QED) is 0.584. The molecule has 0 aliphatic rings. The molecule has 0 fully saturated rings. The van der Waals surface area contributed by atoms with E-state index < -0.39 is 6.30 Å². The van der Waals surface area contributed by atoms with Gasteiger partial charge in [-0.3, -0.25) is 0 Å². The highest BCUT2D eigenvalue weighted by Crippen LogP contribution is 2.25. The first-order valence-electron chi connectivity index (χ1n) is 4.35. The van der Waals surface area contributed by atoms with Gasteiger partial charge in [-0.15, -0.1) is 11.8 Å². The van der Waals surface area contributed by atoms with E-state index in [9.17, 15) is 13.2 Å². The molecule has 0 amide bonds. The number of rotatable bonds is 3. The maximum atomic E-state index is 12.3. The fraction of sp³-hybridized carbons (Fsp3) is 0.400. The maximum Gasteiger partial charge on any atom is 0.459 e. The highest BCUT2D eigenvalue weighted by Gasteiger charge is 2.33. The van der Waals surface area contributed by atoms with Crippen LogP contribution in [0.15, 0.2) is 29.2 Å². The lowest BCUT2D eigenvalue weighted by Gasteiger charge is -2.20. The molecule has 0 heterocycles. The molecule has 0 unspecified atom stereocenters. The normalized spacial score (nSPS) is 12.1. The molecule has 1 nitrogen and oxygen atoms in total. The van der Waals surface area contributed by atoms with Crippen molar-refractivity contribution in [3.8, 4) is 0 Å². The standard InChI is InChI=1S/C10H12F3NS/c1-14(10(11,12)13)7-8-5-3-4-6-9(8)15-2/h3-6H,7H2,1-2H3. The fourth-order valence-electron chi connectivity index (χ4n) is 1.18. The van der Waals surface area contributed by atoms with Crippen LogP contribution in [0.4, 0.5) is 13.2 Å². The molecule has 0 aliphatic heterocycles. The molecule has 1 rings (SSSR count). The van der Waals surface area contributed by atoms with Crippen molar-refractivity contribution >= 4 is 11.8 Å². The highest BCUT2D eigenvalue weighted by atomic mass is 32.2. The molecule has 1 aromatic rings. The molecule has 84 valence electrons. The summed E-state index contributed by atoms with van der Waals surface area (Å²) < 4.78 is 36.9. The lowest BCUT2D eigenvalue weighted by molar-refractivity contribution is -0.240. The molecule has 0 saturated carbocycles. The Labute approximate surface area is 91.3 Å². The molecule has 0 spiro atoms. The molecule has 0 atom stereocenters. The molecule has 15 heavy (non-hydrogen) atoms. The van der Waals surface area contributed by atoms with Crippen LogP contribution >= 0.6 is 11.8 Å². The minimum atomic E-state index is -4.27. The minimum absolute atomic E-state index is 0.111. The Morgan fingerprint density at radius 1 is 1.27 bits per heavy atom. The van der Waals surface area contributed by atoms with Crippen LogP contribution < -0.4 is 0 Å². The topological polar surface area (TPSA) is 3.24 Å². The summed E-state index contributed by atoms with van der Waals surface area (Å²) in [6.07, 6.45) is -2.42. The summed E-state index contributed by atoms with van der Waals surface area (Å²) >= 11 is 1.45. The molecule has 0 radical (unpaired) electrons. The third-order valence-corrected chi connectivity index (χ3v) is 2.87. The molecule has 0 bridgehead atoms. The fourth-order valence-corrected chi connectivity index (χ4v) is 1.79. The average molecular weight is 235 g/mol. The van der Waals surface area contributed by atoms with Gasteiger partial charge >= 0.3 is 6.30 Å². The van der Waals surface area contributed by atoms with Gasteiger partial charge in [0.05, 0.1) is 0 Å². The highest BCUT2D eigenvalue weighted by molar-refractivity contribution is 7.98. The van der Waals surface area contributed by atoms with Gasteiger partial charge in [0.15, 0.2) is 0 Å². The van der Waals surface area contributed by atoms with Crippen LogP contribution in [0.2, 0.25) is 0 Å². The second-order valence-corrected chi connectivity index (χ2v) is 3.98. The van der Waals surface area contributed by atoms with Crippen LogP contribution in [0.3, 0.4) is 0 Å². The SMILES string of the molecule is CSc1ccccc1CN(C)C(F)(F)F. The number of benzene rings is 1.